The van der Waals surface area contributed by atoms with Gasteiger partial charge in [-0.05, 0) is 62.3 Å². The Hall–Kier alpha value is -2.64. The molecule has 0 unspecified atom stereocenters. The SMILES string of the molecule is CCN(CC)CCn1cc(NC(=O)c2cccnc2Sc2ccc(C)c(C)c2)cn1. The first-order chi connectivity index (χ1) is 14.5. The van der Waals surface area contributed by atoms with Crippen molar-refractivity contribution < 1.29 is 4.79 Å². The maximum Gasteiger partial charge on any atom is 0.258 e. The average molecular weight is 424 g/mol. The Balaban J connectivity index is 1.68. The van der Waals surface area contributed by atoms with Crippen LogP contribution in [-0.4, -0.2) is 45.2 Å². The Kier molecular flexibility index (Phi) is 7.65. The van der Waals surface area contributed by atoms with Crippen molar-refractivity contribution in [1.29, 1.82) is 0 Å². The largest absolute Gasteiger partial charge is 0.319 e. The molecular formula is C23H29N5OS. The molecule has 0 aliphatic carbocycles. The molecule has 0 aliphatic heterocycles. The van der Waals surface area contributed by atoms with Crippen LogP contribution in [0.4, 0.5) is 5.69 Å². The summed E-state index contributed by atoms with van der Waals surface area (Å²) in [6.45, 7) is 12.2. The Bertz CT molecular complexity index is 997. The van der Waals surface area contributed by atoms with Crippen LogP contribution < -0.4 is 5.32 Å². The smallest absolute Gasteiger partial charge is 0.258 e. The van der Waals surface area contributed by atoms with Crippen LogP contribution in [0.1, 0.15) is 35.3 Å². The van der Waals surface area contributed by atoms with Gasteiger partial charge in [0.25, 0.3) is 5.91 Å². The number of aromatic nitrogens is 3. The number of pyridine rings is 1. The van der Waals surface area contributed by atoms with Crippen molar-refractivity contribution in [3.63, 3.8) is 0 Å². The van der Waals surface area contributed by atoms with Gasteiger partial charge in [-0.15, -0.1) is 0 Å². The number of nitrogens with one attached hydrogen (secondary N) is 1. The van der Waals surface area contributed by atoms with E-state index in [9.17, 15) is 4.79 Å². The van der Waals surface area contributed by atoms with Crippen LogP contribution >= 0.6 is 11.8 Å². The molecule has 1 amide bonds. The molecule has 2 heterocycles. The molecule has 0 radical (unpaired) electrons. The zero-order valence-electron chi connectivity index (χ0n) is 18.1. The molecule has 2 aromatic heterocycles. The quantitative estimate of drug-likeness (QED) is 0.543. The zero-order valence-corrected chi connectivity index (χ0v) is 18.9. The van der Waals surface area contributed by atoms with Gasteiger partial charge in [0.15, 0.2) is 0 Å². The van der Waals surface area contributed by atoms with Crippen molar-refractivity contribution in [2.75, 3.05) is 25.0 Å². The van der Waals surface area contributed by atoms with E-state index in [2.05, 4.69) is 66.2 Å². The lowest BCUT2D eigenvalue weighted by Gasteiger charge is -2.17. The van der Waals surface area contributed by atoms with Gasteiger partial charge in [-0.2, -0.15) is 5.10 Å². The lowest BCUT2D eigenvalue weighted by Crippen LogP contribution is -2.27. The number of amides is 1. The highest BCUT2D eigenvalue weighted by Crippen LogP contribution is 2.30. The van der Waals surface area contributed by atoms with E-state index in [1.807, 2.05) is 10.9 Å². The molecule has 6 nitrogen and oxygen atoms in total. The van der Waals surface area contributed by atoms with Crippen molar-refractivity contribution in [1.82, 2.24) is 19.7 Å². The predicted molar refractivity (Wildman–Crippen MR) is 122 cm³/mol. The maximum atomic E-state index is 12.9. The predicted octanol–water partition coefficient (Wildman–Crippen LogP) is 4.64. The van der Waals surface area contributed by atoms with Crippen LogP contribution in [0.3, 0.4) is 0 Å². The van der Waals surface area contributed by atoms with Gasteiger partial charge in [0.05, 0.1) is 24.0 Å². The van der Waals surface area contributed by atoms with E-state index in [1.54, 1.807) is 24.5 Å². The van der Waals surface area contributed by atoms with Gasteiger partial charge in [0, 0.05) is 23.8 Å². The van der Waals surface area contributed by atoms with Crippen molar-refractivity contribution in [3.8, 4) is 0 Å². The van der Waals surface area contributed by atoms with E-state index in [-0.39, 0.29) is 5.91 Å². The van der Waals surface area contributed by atoms with Crippen LogP contribution in [0.25, 0.3) is 0 Å². The monoisotopic (exact) mass is 423 g/mol. The Labute approximate surface area is 182 Å². The van der Waals surface area contributed by atoms with Gasteiger partial charge < -0.3 is 10.2 Å². The third kappa shape index (κ3) is 5.70. The molecule has 3 aromatic rings. The van der Waals surface area contributed by atoms with E-state index >= 15 is 0 Å². The summed E-state index contributed by atoms with van der Waals surface area (Å²) in [5.41, 5.74) is 3.71. The first kappa shape index (κ1) is 22.1. The van der Waals surface area contributed by atoms with Crippen LogP contribution in [-0.2, 0) is 6.54 Å². The average Bonchev–Trinajstić information content (AvgIpc) is 3.19. The van der Waals surface area contributed by atoms with Crippen molar-refractivity contribution in [2.24, 2.45) is 0 Å². The third-order valence-electron chi connectivity index (χ3n) is 5.14. The van der Waals surface area contributed by atoms with Gasteiger partial charge in [-0.1, -0.05) is 31.7 Å². The number of carbonyl (C=O) groups is 1. The van der Waals surface area contributed by atoms with Crippen molar-refractivity contribution >= 4 is 23.4 Å². The number of benzene rings is 1. The summed E-state index contributed by atoms with van der Waals surface area (Å²) in [4.78, 5) is 20.7. The topological polar surface area (TPSA) is 63.0 Å². The highest BCUT2D eigenvalue weighted by atomic mass is 32.2. The molecule has 0 bridgehead atoms. The second kappa shape index (κ2) is 10.4. The van der Waals surface area contributed by atoms with E-state index in [0.29, 0.717) is 16.3 Å². The third-order valence-corrected chi connectivity index (χ3v) is 6.15. The molecule has 3 rings (SSSR count). The summed E-state index contributed by atoms with van der Waals surface area (Å²) in [6, 6.07) is 9.86. The summed E-state index contributed by atoms with van der Waals surface area (Å²) in [7, 11) is 0. The molecule has 0 fully saturated rings. The van der Waals surface area contributed by atoms with Crippen molar-refractivity contribution in [2.45, 2.75) is 44.2 Å². The second-order valence-corrected chi connectivity index (χ2v) is 8.24. The molecular weight excluding hydrogens is 394 g/mol. The summed E-state index contributed by atoms with van der Waals surface area (Å²) >= 11 is 1.50. The molecule has 1 aromatic carbocycles. The standard InChI is InChI=1S/C23H29N5OS/c1-5-27(6-2)12-13-28-16-19(15-25-28)26-22(29)21-8-7-11-24-23(21)30-20-10-9-17(3)18(4)14-20/h7-11,14-16H,5-6,12-13H2,1-4H3,(H,26,29). The van der Waals surface area contributed by atoms with Crippen LogP contribution in [0.15, 0.2) is 58.8 Å². The number of rotatable bonds is 9. The first-order valence-electron chi connectivity index (χ1n) is 10.3. The molecule has 0 aliphatic rings. The Morgan fingerprint density at radius 2 is 1.97 bits per heavy atom. The van der Waals surface area contributed by atoms with Gasteiger partial charge in [-0.3, -0.25) is 9.48 Å². The molecule has 0 spiro atoms. The zero-order chi connectivity index (χ0) is 21.5. The minimum atomic E-state index is -0.183. The summed E-state index contributed by atoms with van der Waals surface area (Å²) in [5.74, 6) is -0.183. The number of aryl methyl sites for hydroxylation is 2. The molecule has 0 atom stereocenters. The van der Waals surface area contributed by atoms with Crippen molar-refractivity contribution in [3.05, 3.63) is 65.6 Å². The van der Waals surface area contributed by atoms with Crippen LogP contribution in [0.5, 0.6) is 0 Å². The molecule has 1 N–H and O–H groups in total. The molecule has 158 valence electrons. The summed E-state index contributed by atoms with van der Waals surface area (Å²) < 4.78 is 1.86. The van der Waals surface area contributed by atoms with Gasteiger partial charge in [-0.25, -0.2) is 4.98 Å². The minimum Gasteiger partial charge on any atom is -0.319 e. The lowest BCUT2D eigenvalue weighted by molar-refractivity contribution is 0.102. The van der Waals surface area contributed by atoms with E-state index in [0.717, 1.165) is 31.1 Å². The van der Waals surface area contributed by atoms with Gasteiger partial charge in [0.2, 0.25) is 0 Å². The molecule has 0 saturated heterocycles. The van der Waals surface area contributed by atoms with Crippen LogP contribution in [0, 0.1) is 13.8 Å². The molecule has 0 saturated carbocycles. The second-order valence-electron chi connectivity index (χ2n) is 7.18. The normalized spacial score (nSPS) is 11.1. The van der Waals surface area contributed by atoms with Crippen LogP contribution in [0.2, 0.25) is 0 Å². The fourth-order valence-corrected chi connectivity index (χ4v) is 4.05. The number of anilines is 1. The Morgan fingerprint density at radius 3 is 2.70 bits per heavy atom. The Morgan fingerprint density at radius 1 is 1.17 bits per heavy atom. The molecule has 30 heavy (non-hydrogen) atoms. The van der Waals surface area contributed by atoms with E-state index < -0.39 is 0 Å². The molecule has 7 heteroatoms. The summed E-state index contributed by atoms with van der Waals surface area (Å²) in [5, 5.41) is 8.00. The number of hydrogen-bond donors (Lipinski definition) is 1. The van der Waals surface area contributed by atoms with Gasteiger partial charge >= 0.3 is 0 Å². The number of hydrogen-bond acceptors (Lipinski definition) is 5. The highest BCUT2D eigenvalue weighted by molar-refractivity contribution is 7.99. The summed E-state index contributed by atoms with van der Waals surface area (Å²) in [6.07, 6.45) is 5.27. The fourth-order valence-electron chi connectivity index (χ4n) is 3.07. The fraction of sp³-hybridized carbons (Fsp3) is 0.348. The number of likely N-dealkylation sites (N-methyl/N-ethyl adjacent to an activating group) is 1. The first-order valence-corrected chi connectivity index (χ1v) is 11.1. The van der Waals surface area contributed by atoms with Gasteiger partial charge in [0.1, 0.15) is 5.03 Å². The van der Waals surface area contributed by atoms with E-state index in [4.69, 9.17) is 0 Å². The maximum absolute atomic E-state index is 12.9. The lowest BCUT2D eigenvalue weighted by atomic mass is 10.1. The number of carbonyl (C=O) groups excluding carboxylic acids is 1. The minimum absolute atomic E-state index is 0.183. The number of nitrogens with zero attached hydrogens (tertiary/aromatic N) is 4. The highest BCUT2D eigenvalue weighted by Gasteiger charge is 2.15. The van der Waals surface area contributed by atoms with E-state index in [1.165, 1.54) is 22.9 Å².